The van der Waals surface area contributed by atoms with Crippen LogP contribution in [0, 0.1) is 6.92 Å². The number of furan rings is 2. The van der Waals surface area contributed by atoms with E-state index in [1.807, 2.05) is 31.0 Å². The summed E-state index contributed by atoms with van der Waals surface area (Å²) in [7, 11) is 3.29. The molecule has 0 N–H and O–H groups in total. The minimum atomic E-state index is -0.456. The molecule has 0 aliphatic rings. The van der Waals surface area contributed by atoms with Crippen molar-refractivity contribution in [3.63, 3.8) is 0 Å². The molecule has 0 bridgehead atoms. The summed E-state index contributed by atoms with van der Waals surface area (Å²) in [6.07, 6.45) is 1.49. The van der Waals surface area contributed by atoms with E-state index in [9.17, 15) is 4.79 Å². The third-order valence-electron chi connectivity index (χ3n) is 2.78. The van der Waals surface area contributed by atoms with Crippen LogP contribution in [0.3, 0.4) is 0 Å². The number of nitrogens with zero attached hydrogens (tertiary/aromatic N) is 1. The molecule has 0 spiro atoms. The minimum Gasteiger partial charge on any atom is -0.465 e. The lowest BCUT2D eigenvalue weighted by Gasteiger charge is -2.14. The molecule has 19 heavy (non-hydrogen) atoms. The molecular formula is C14H17NO4. The van der Waals surface area contributed by atoms with Crippen molar-refractivity contribution in [1.82, 2.24) is 4.90 Å². The van der Waals surface area contributed by atoms with E-state index in [1.165, 1.54) is 13.4 Å². The summed E-state index contributed by atoms with van der Waals surface area (Å²) in [6.45, 7) is 3.16. The van der Waals surface area contributed by atoms with E-state index in [-0.39, 0.29) is 5.76 Å². The van der Waals surface area contributed by atoms with Gasteiger partial charge in [-0.3, -0.25) is 4.90 Å². The molecule has 2 rings (SSSR count). The molecule has 102 valence electrons. The van der Waals surface area contributed by atoms with E-state index in [4.69, 9.17) is 8.83 Å². The van der Waals surface area contributed by atoms with Gasteiger partial charge in [0.15, 0.2) is 0 Å². The zero-order chi connectivity index (χ0) is 13.8. The molecule has 5 nitrogen and oxygen atoms in total. The van der Waals surface area contributed by atoms with Gasteiger partial charge in [0, 0.05) is 12.1 Å². The van der Waals surface area contributed by atoms with Crippen LogP contribution in [0.15, 0.2) is 33.3 Å². The normalized spacial score (nSPS) is 10.9. The molecule has 0 unspecified atom stereocenters. The zero-order valence-electron chi connectivity index (χ0n) is 11.3. The van der Waals surface area contributed by atoms with E-state index in [0.29, 0.717) is 13.1 Å². The average molecular weight is 263 g/mol. The summed E-state index contributed by atoms with van der Waals surface area (Å²) in [4.78, 5) is 13.5. The van der Waals surface area contributed by atoms with Crippen LogP contribution in [0.4, 0.5) is 0 Å². The van der Waals surface area contributed by atoms with Crippen molar-refractivity contribution in [2.24, 2.45) is 0 Å². The molecule has 0 radical (unpaired) electrons. The van der Waals surface area contributed by atoms with Crippen LogP contribution in [0.2, 0.25) is 0 Å². The van der Waals surface area contributed by atoms with Gasteiger partial charge in [0.25, 0.3) is 0 Å². The van der Waals surface area contributed by atoms with E-state index in [2.05, 4.69) is 4.74 Å². The van der Waals surface area contributed by atoms with Gasteiger partial charge in [-0.1, -0.05) is 0 Å². The first-order valence-corrected chi connectivity index (χ1v) is 5.98. The third kappa shape index (κ3) is 3.26. The molecule has 0 atom stereocenters. The van der Waals surface area contributed by atoms with Crippen molar-refractivity contribution in [2.45, 2.75) is 20.0 Å². The molecule has 0 aromatic carbocycles. The highest BCUT2D eigenvalue weighted by molar-refractivity contribution is 5.87. The number of esters is 1. The Balaban J connectivity index is 2.01. The number of carbonyl (C=O) groups is 1. The topological polar surface area (TPSA) is 55.8 Å². The second-order valence-corrected chi connectivity index (χ2v) is 4.45. The predicted molar refractivity (Wildman–Crippen MR) is 68.7 cm³/mol. The number of carbonyl (C=O) groups excluding carboxylic acids is 1. The molecule has 2 aromatic rings. The molecular weight excluding hydrogens is 246 g/mol. The maximum absolute atomic E-state index is 11.5. The van der Waals surface area contributed by atoms with Gasteiger partial charge in [0.05, 0.1) is 19.9 Å². The Morgan fingerprint density at radius 3 is 2.74 bits per heavy atom. The van der Waals surface area contributed by atoms with Crippen LogP contribution in [0.1, 0.15) is 27.6 Å². The smallest absolute Gasteiger partial charge is 0.374 e. The van der Waals surface area contributed by atoms with Gasteiger partial charge in [0.2, 0.25) is 5.76 Å². The van der Waals surface area contributed by atoms with Gasteiger partial charge >= 0.3 is 5.97 Å². The second-order valence-electron chi connectivity index (χ2n) is 4.45. The van der Waals surface area contributed by atoms with Crippen LogP contribution in [-0.2, 0) is 17.8 Å². The molecule has 0 aliphatic heterocycles. The largest absolute Gasteiger partial charge is 0.465 e. The lowest BCUT2D eigenvalue weighted by atomic mass is 10.2. The van der Waals surface area contributed by atoms with Gasteiger partial charge in [-0.25, -0.2) is 4.79 Å². The van der Waals surface area contributed by atoms with Crippen molar-refractivity contribution >= 4 is 5.97 Å². The Morgan fingerprint density at radius 1 is 1.32 bits per heavy atom. The molecule has 0 amide bonds. The Labute approximate surface area is 111 Å². The van der Waals surface area contributed by atoms with Crippen LogP contribution in [0.5, 0.6) is 0 Å². The first kappa shape index (κ1) is 13.4. The number of rotatable bonds is 5. The van der Waals surface area contributed by atoms with Crippen molar-refractivity contribution < 1.29 is 18.4 Å². The van der Waals surface area contributed by atoms with Crippen LogP contribution < -0.4 is 0 Å². The van der Waals surface area contributed by atoms with Crippen LogP contribution >= 0.6 is 0 Å². The third-order valence-corrected chi connectivity index (χ3v) is 2.78. The Morgan fingerprint density at radius 2 is 2.11 bits per heavy atom. The molecule has 2 heterocycles. The maximum atomic E-state index is 11.5. The maximum Gasteiger partial charge on any atom is 0.374 e. The van der Waals surface area contributed by atoms with Gasteiger partial charge in [-0.2, -0.15) is 0 Å². The number of hydrogen-bond acceptors (Lipinski definition) is 5. The minimum absolute atomic E-state index is 0.255. The number of methoxy groups -OCH3 is 1. The van der Waals surface area contributed by atoms with Gasteiger partial charge < -0.3 is 13.6 Å². The highest BCUT2D eigenvalue weighted by Gasteiger charge is 2.17. The Hall–Kier alpha value is -2.01. The standard InChI is InChI=1S/C14H17NO4/c1-10-4-5-12(19-10)9-15(2)8-11-6-7-18-13(11)14(16)17-3/h4-7H,8-9H2,1-3H3. The summed E-state index contributed by atoms with van der Waals surface area (Å²) in [5, 5.41) is 0. The first-order valence-electron chi connectivity index (χ1n) is 5.98. The molecule has 0 saturated carbocycles. The fourth-order valence-electron chi connectivity index (χ4n) is 1.91. The van der Waals surface area contributed by atoms with Gasteiger partial charge in [-0.05, 0) is 32.2 Å². The van der Waals surface area contributed by atoms with Gasteiger partial charge in [0.1, 0.15) is 11.5 Å². The summed E-state index contributed by atoms with van der Waals surface area (Å²) in [5.74, 6) is 1.58. The van der Waals surface area contributed by atoms with Crippen LogP contribution in [0.25, 0.3) is 0 Å². The Bertz CT molecular complexity index is 555. The van der Waals surface area contributed by atoms with E-state index < -0.39 is 5.97 Å². The lowest BCUT2D eigenvalue weighted by molar-refractivity contribution is 0.0562. The highest BCUT2D eigenvalue weighted by Crippen LogP contribution is 2.16. The summed E-state index contributed by atoms with van der Waals surface area (Å²) in [6, 6.07) is 5.65. The van der Waals surface area contributed by atoms with Crippen molar-refractivity contribution in [2.75, 3.05) is 14.2 Å². The van der Waals surface area contributed by atoms with Gasteiger partial charge in [-0.15, -0.1) is 0 Å². The predicted octanol–water partition coefficient (Wildman–Crippen LogP) is 2.60. The van der Waals surface area contributed by atoms with E-state index in [1.54, 1.807) is 6.07 Å². The molecule has 5 heteroatoms. The summed E-state index contributed by atoms with van der Waals surface area (Å²) in [5.41, 5.74) is 0.803. The fourth-order valence-corrected chi connectivity index (χ4v) is 1.91. The summed E-state index contributed by atoms with van der Waals surface area (Å²) >= 11 is 0. The van der Waals surface area contributed by atoms with Crippen molar-refractivity contribution in [3.8, 4) is 0 Å². The number of hydrogen-bond donors (Lipinski definition) is 0. The monoisotopic (exact) mass is 263 g/mol. The second kappa shape index (κ2) is 5.75. The van der Waals surface area contributed by atoms with Crippen molar-refractivity contribution in [1.29, 1.82) is 0 Å². The molecule has 0 fully saturated rings. The number of aryl methyl sites for hydroxylation is 1. The average Bonchev–Trinajstić information content (AvgIpc) is 2.97. The SMILES string of the molecule is COC(=O)c1occc1CN(C)Cc1ccc(C)o1. The highest BCUT2D eigenvalue weighted by atomic mass is 16.5. The van der Waals surface area contributed by atoms with E-state index in [0.717, 1.165) is 17.1 Å². The fraction of sp³-hybridized carbons (Fsp3) is 0.357. The lowest BCUT2D eigenvalue weighted by Crippen LogP contribution is -2.18. The van der Waals surface area contributed by atoms with Crippen LogP contribution in [-0.4, -0.2) is 25.0 Å². The Kier molecular flexibility index (Phi) is 4.06. The number of ether oxygens (including phenoxy) is 1. The quantitative estimate of drug-likeness (QED) is 0.776. The molecule has 0 saturated heterocycles. The zero-order valence-corrected chi connectivity index (χ0v) is 11.3. The molecule has 0 aliphatic carbocycles. The summed E-state index contributed by atoms with van der Waals surface area (Å²) < 4.78 is 15.3. The van der Waals surface area contributed by atoms with Crippen molar-refractivity contribution in [3.05, 3.63) is 47.3 Å². The molecule has 2 aromatic heterocycles. The van der Waals surface area contributed by atoms with E-state index >= 15 is 0 Å². The first-order chi connectivity index (χ1) is 9.10.